The van der Waals surface area contributed by atoms with Gasteiger partial charge in [-0.2, -0.15) is 0 Å². The molecule has 6 nitrogen and oxygen atoms in total. The van der Waals surface area contributed by atoms with Crippen LogP contribution in [0.25, 0.3) is 22.0 Å². The van der Waals surface area contributed by atoms with E-state index >= 15 is 0 Å². The van der Waals surface area contributed by atoms with Crippen LogP contribution in [0.2, 0.25) is 0 Å². The van der Waals surface area contributed by atoms with Crippen LogP contribution in [0, 0.1) is 11.6 Å². The first-order chi connectivity index (χ1) is 13.8. The van der Waals surface area contributed by atoms with Crippen LogP contribution in [0.1, 0.15) is 28.9 Å². The molecule has 3 aromatic rings. The molecule has 0 bridgehead atoms. The molecule has 2 aromatic carbocycles. The van der Waals surface area contributed by atoms with Gasteiger partial charge in [-0.25, -0.2) is 13.8 Å². The molecule has 2 amide bonds. The second-order valence-corrected chi connectivity index (χ2v) is 6.93. The maximum atomic E-state index is 14.8. The third kappa shape index (κ3) is 3.54. The number of aliphatic hydroxyl groups excluding tert-OH is 1. The molecule has 1 aromatic heterocycles. The van der Waals surface area contributed by atoms with Gasteiger partial charge in [0.1, 0.15) is 23.6 Å². The molecule has 0 spiro atoms. The van der Waals surface area contributed by atoms with Gasteiger partial charge in [0.05, 0.1) is 12.1 Å². The maximum Gasteiger partial charge on any atom is 0.267 e. The molecule has 1 fully saturated rings. The molecule has 1 unspecified atom stereocenters. The number of carbonyl (C=O) groups is 2. The number of aromatic nitrogens is 1. The van der Waals surface area contributed by atoms with E-state index in [-0.39, 0.29) is 30.1 Å². The smallest absolute Gasteiger partial charge is 0.267 e. The molecular weight excluding hydrogens is 380 g/mol. The second-order valence-electron chi connectivity index (χ2n) is 6.93. The molecule has 4 rings (SSSR count). The number of carbonyl (C=O) groups excluding carboxylic acids is 2. The zero-order valence-corrected chi connectivity index (χ0v) is 15.2. The van der Waals surface area contributed by atoms with Crippen molar-refractivity contribution in [1.29, 1.82) is 0 Å². The lowest BCUT2D eigenvalue weighted by Gasteiger charge is -2.21. The van der Waals surface area contributed by atoms with Crippen molar-refractivity contribution in [2.75, 3.05) is 0 Å². The number of benzene rings is 2. The van der Waals surface area contributed by atoms with Gasteiger partial charge >= 0.3 is 0 Å². The van der Waals surface area contributed by atoms with Crippen LogP contribution < -0.4 is 5.73 Å². The zero-order chi connectivity index (χ0) is 20.7. The minimum Gasteiger partial charge on any atom is -0.373 e. The minimum atomic E-state index is -0.961. The Morgan fingerprint density at radius 1 is 1.21 bits per heavy atom. The highest BCUT2D eigenvalue weighted by Crippen LogP contribution is 2.31. The van der Waals surface area contributed by atoms with Gasteiger partial charge in [0.25, 0.3) is 5.91 Å². The van der Waals surface area contributed by atoms with E-state index in [0.717, 1.165) is 0 Å². The largest absolute Gasteiger partial charge is 0.373 e. The standard InChI is InChI=1S/C21H17F2N3O3/c22-13-3-1-11(2-4-13)14-9-18(21(24)29)25-17-7-12(16(23)8-15(14)17)10-26-19(27)5-6-20(26)28/h1-4,7-9,19,27H,5-6,10H2,(H2,24,29). The van der Waals surface area contributed by atoms with Crippen LogP contribution in [-0.4, -0.2) is 33.0 Å². The van der Waals surface area contributed by atoms with Crippen LogP contribution in [0.3, 0.4) is 0 Å². The van der Waals surface area contributed by atoms with E-state index in [0.29, 0.717) is 28.5 Å². The first-order valence-corrected chi connectivity index (χ1v) is 9.00. The summed E-state index contributed by atoms with van der Waals surface area (Å²) >= 11 is 0. The molecule has 0 radical (unpaired) electrons. The van der Waals surface area contributed by atoms with Gasteiger partial charge < -0.3 is 15.7 Å². The lowest BCUT2D eigenvalue weighted by Crippen LogP contribution is -2.32. The Balaban J connectivity index is 1.86. The summed E-state index contributed by atoms with van der Waals surface area (Å²) < 4.78 is 28.1. The van der Waals surface area contributed by atoms with E-state index in [1.807, 2.05) is 0 Å². The maximum absolute atomic E-state index is 14.8. The highest BCUT2D eigenvalue weighted by atomic mass is 19.1. The van der Waals surface area contributed by atoms with Crippen LogP contribution in [0.15, 0.2) is 42.5 Å². The predicted octanol–water partition coefficient (Wildman–Crippen LogP) is 2.72. The summed E-state index contributed by atoms with van der Waals surface area (Å²) in [5.74, 6) is -2.03. The number of fused-ring (bicyclic) bond motifs is 1. The highest BCUT2D eigenvalue weighted by Gasteiger charge is 2.30. The van der Waals surface area contributed by atoms with Crippen LogP contribution in [-0.2, 0) is 11.3 Å². The lowest BCUT2D eigenvalue weighted by atomic mass is 9.98. The van der Waals surface area contributed by atoms with Crippen molar-refractivity contribution in [2.45, 2.75) is 25.6 Å². The summed E-state index contributed by atoms with van der Waals surface area (Å²) in [6, 6.07) is 9.68. The number of primary amides is 1. The lowest BCUT2D eigenvalue weighted by molar-refractivity contribution is -0.134. The van der Waals surface area contributed by atoms with E-state index in [4.69, 9.17) is 5.73 Å². The second kappa shape index (κ2) is 7.21. The Kier molecular flexibility index (Phi) is 4.71. The molecule has 1 atom stereocenters. The highest BCUT2D eigenvalue weighted by molar-refractivity contribution is 6.01. The zero-order valence-electron chi connectivity index (χ0n) is 15.2. The first-order valence-electron chi connectivity index (χ1n) is 9.00. The Labute approximate surface area is 164 Å². The van der Waals surface area contributed by atoms with E-state index in [1.54, 1.807) is 0 Å². The number of amides is 2. The number of likely N-dealkylation sites (tertiary alicyclic amines) is 1. The van der Waals surface area contributed by atoms with E-state index in [1.165, 1.54) is 47.4 Å². The van der Waals surface area contributed by atoms with Crippen LogP contribution >= 0.6 is 0 Å². The summed E-state index contributed by atoms with van der Waals surface area (Å²) in [6.45, 7) is -0.115. The topological polar surface area (TPSA) is 96.5 Å². The van der Waals surface area contributed by atoms with Crippen molar-refractivity contribution in [3.63, 3.8) is 0 Å². The number of hydrogen-bond donors (Lipinski definition) is 2. The molecule has 29 heavy (non-hydrogen) atoms. The summed E-state index contributed by atoms with van der Waals surface area (Å²) in [6.07, 6.45) is -0.459. The van der Waals surface area contributed by atoms with Gasteiger partial charge in [0.2, 0.25) is 5.91 Å². The fourth-order valence-corrected chi connectivity index (χ4v) is 3.50. The number of pyridine rings is 1. The number of nitrogens with two attached hydrogens (primary N) is 1. The normalized spacial score (nSPS) is 16.6. The van der Waals surface area contributed by atoms with Gasteiger partial charge in [-0.05, 0) is 41.5 Å². The van der Waals surface area contributed by atoms with Gasteiger partial charge in [-0.1, -0.05) is 12.1 Å². The molecule has 0 aliphatic carbocycles. The predicted molar refractivity (Wildman–Crippen MR) is 101 cm³/mol. The fourth-order valence-electron chi connectivity index (χ4n) is 3.50. The molecule has 8 heteroatoms. The molecular formula is C21H17F2N3O3. The van der Waals surface area contributed by atoms with Crippen molar-refractivity contribution in [3.05, 3.63) is 65.4 Å². The minimum absolute atomic E-state index is 0.0216. The van der Waals surface area contributed by atoms with Gasteiger partial charge in [0, 0.05) is 23.8 Å². The summed E-state index contributed by atoms with van der Waals surface area (Å²) in [5.41, 5.74) is 6.88. The summed E-state index contributed by atoms with van der Waals surface area (Å²) in [4.78, 5) is 29.1. The van der Waals surface area contributed by atoms with E-state index < -0.39 is 23.8 Å². The molecule has 1 aliphatic rings. The molecule has 1 aliphatic heterocycles. The molecule has 148 valence electrons. The van der Waals surface area contributed by atoms with Gasteiger partial charge in [0.15, 0.2) is 0 Å². The van der Waals surface area contributed by atoms with Gasteiger partial charge in [-0.3, -0.25) is 9.59 Å². The first kappa shape index (κ1) is 18.9. The Bertz CT molecular complexity index is 1130. The molecule has 1 saturated heterocycles. The number of halogens is 2. The van der Waals surface area contributed by atoms with Crippen molar-refractivity contribution in [2.24, 2.45) is 5.73 Å². The average molecular weight is 397 g/mol. The van der Waals surface area contributed by atoms with Crippen molar-refractivity contribution in [3.8, 4) is 11.1 Å². The third-order valence-electron chi connectivity index (χ3n) is 5.02. The van der Waals surface area contributed by atoms with Crippen molar-refractivity contribution in [1.82, 2.24) is 9.88 Å². The average Bonchev–Trinajstić information content (AvgIpc) is 3.00. The fraction of sp³-hybridized carbons (Fsp3) is 0.190. The van der Waals surface area contributed by atoms with E-state index in [2.05, 4.69) is 4.98 Å². The summed E-state index contributed by atoms with van der Waals surface area (Å²) in [7, 11) is 0. The van der Waals surface area contributed by atoms with Gasteiger partial charge in [-0.15, -0.1) is 0 Å². The molecule has 3 N–H and O–H groups in total. The van der Waals surface area contributed by atoms with E-state index in [9.17, 15) is 23.5 Å². The molecule has 2 heterocycles. The van der Waals surface area contributed by atoms with Crippen molar-refractivity contribution >= 4 is 22.7 Å². The third-order valence-corrected chi connectivity index (χ3v) is 5.02. The number of rotatable bonds is 4. The quantitative estimate of drug-likeness (QED) is 0.708. The van der Waals surface area contributed by atoms with Crippen LogP contribution in [0.5, 0.6) is 0 Å². The van der Waals surface area contributed by atoms with Crippen LogP contribution in [0.4, 0.5) is 8.78 Å². The number of hydrogen-bond acceptors (Lipinski definition) is 4. The Morgan fingerprint density at radius 3 is 2.55 bits per heavy atom. The number of nitrogens with zero attached hydrogens (tertiary/aromatic N) is 2. The Hall–Kier alpha value is -3.39. The Morgan fingerprint density at radius 2 is 1.93 bits per heavy atom. The van der Waals surface area contributed by atoms with Crippen molar-refractivity contribution < 1.29 is 23.5 Å². The SMILES string of the molecule is NC(=O)c1cc(-c2ccc(F)cc2)c2cc(F)c(CN3C(=O)CCC3O)cc2n1. The number of aliphatic hydroxyl groups is 1. The monoisotopic (exact) mass is 397 g/mol. The summed E-state index contributed by atoms with van der Waals surface area (Å²) in [5, 5.41) is 10.3. The molecule has 0 saturated carbocycles.